The van der Waals surface area contributed by atoms with Crippen LogP contribution in [0.1, 0.15) is 28.1 Å². The maximum absolute atomic E-state index is 12.3. The summed E-state index contributed by atoms with van der Waals surface area (Å²) in [5.41, 5.74) is 4.66. The fourth-order valence-corrected chi connectivity index (χ4v) is 3.53. The first-order valence-electron chi connectivity index (χ1n) is 8.56. The number of benzene rings is 2. The van der Waals surface area contributed by atoms with E-state index in [2.05, 4.69) is 15.0 Å². The van der Waals surface area contributed by atoms with Crippen molar-refractivity contribution in [1.82, 2.24) is 14.6 Å². The number of nitrogens with zero attached hydrogens (tertiary/aromatic N) is 3. The van der Waals surface area contributed by atoms with E-state index in [-0.39, 0.29) is 4.90 Å². The minimum Gasteiger partial charge on any atom is -0.265 e. The quantitative estimate of drug-likeness (QED) is 0.525. The van der Waals surface area contributed by atoms with E-state index in [0.29, 0.717) is 6.54 Å². The van der Waals surface area contributed by atoms with Crippen LogP contribution in [0.2, 0.25) is 0 Å². The Morgan fingerprint density at radius 1 is 1.04 bits per heavy atom. The largest absolute Gasteiger partial charge is 0.276 e. The maximum atomic E-state index is 12.3. The number of aromatic nitrogens is 2. The molecule has 3 rings (SSSR count). The van der Waals surface area contributed by atoms with Gasteiger partial charge in [-0.15, -0.1) is 0 Å². The zero-order valence-corrected chi connectivity index (χ0v) is 16.4. The lowest BCUT2D eigenvalue weighted by Crippen LogP contribution is -2.18. The smallest absolute Gasteiger partial charge is 0.265 e. The molecule has 1 aromatic heterocycles. The van der Waals surface area contributed by atoms with Crippen molar-refractivity contribution in [1.29, 1.82) is 0 Å². The predicted octanol–water partition coefficient (Wildman–Crippen LogP) is 3.17. The summed E-state index contributed by atoms with van der Waals surface area (Å²) in [4.78, 5) is 2.44. The zero-order chi connectivity index (χ0) is 19.4. The average Bonchev–Trinajstić information content (AvgIpc) is 2.90. The van der Waals surface area contributed by atoms with Gasteiger partial charge in [-0.05, 0) is 38.5 Å². The van der Waals surface area contributed by atoms with Crippen LogP contribution in [-0.2, 0) is 16.6 Å². The summed E-state index contributed by atoms with van der Waals surface area (Å²) in [6.45, 7) is 6.38. The number of nitrogens with one attached hydrogen (secondary N) is 1. The van der Waals surface area contributed by atoms with Crippen LogP contribution in [0.5, 0.6) is 0 Å². The van der Waals surface area contributed by atoms with Gasteiger partial charge in [-0.1, -0.05) is 48.0 Å². The molecule has 0 aliphatic heterocycles. The van der Waals surface area contributed by atoms with Crippen LogP contribution in [0.15, 0.2) is 64.6 Å². The summed E-state index contributed by atoms with van der Waals surface area (Å²) in [7, 11) is -3.69. The van der Waals surface area contributed by atoms with Crippen LogP contribution in [0.25, 0.3) is 0 Å². The van der Waals surface area contributed by atoms with Crippen molar-refractivity contribution >= 4 is 16.2 Å². The van der Waals surface area contributed by atoms with Gasteiger partial charge in [0.25, 0.3) is 10.0 Å². The van der Waals surface area contributed by atoms with Crippen LogP contribution in [0.3, 0.4) is 0 Å². The highest BCUT2D eigenvalue weighted by atomic mass is 32.2. The maximum Gasteiger partial charge on any atom is 0.276 e. The van der Waals surface area contributed by atoms with Crippen molar-refractivity contribution in [3.05, 3.63) is 82.7 Å². The molecule has 27 heavy (non-hydrogen) atoms. The van der Waals surface area contributed by atoms with Crippen molar-refractivity contribution in [2.24, 2.45) is 5.10 Å². The van der Waals surface area contributed by atoms with E-state index < -0.39 is 10.0 Å². The highest BCUT2D eigenvalue weighted by Gasteiger charge is 2.13. The molecule has 0 aliphatic rings. The van der Waals surface area contributed by atoms with Gasteiger partial charge in [-0.2, -0.15) is 18.6 Å². The normalized spacial score (nSPS) is 11.8. The Bertz CT molecular complexity index is 1050. The number of hydrogen-bond donors (Lipinski definition) is 1. The fraction of sp³-hybridized carbons (Fsp3) is 0.200. The Morgan fingerprint density at radius 3 is 2.37 bits per heavy atom. The van der Waals surface area contributed by atoms with Crippen LogP contribution >= 0.6 is 0 Å². The molecule has 0 atom stereocenters. The Kier molecular flexibility index (Phi) is 5.41. The molecule has 0 aliphatic carbocycles. The molecule has 0 bridgehead atoms. The zero-order valence-electron chi connectivity index (χ0n) is 15.5. The van der Waals surface area contributed by atoms with E-state index in [0.717, 1.165) is 28.1 Å². The van der Waals surface area contributed by atoms with Gasteiger partial charge in [-0.25, -0.2) is 4.83 Å². The highest BCUT2D eigenvalue weighted by Crippen LogP contribution is 2.13. The molecular formula is C20H22N4O2S. The van der Waals surface area contributed by atoms with Crippen molar-refractivity contribution in [2.45, 2.75) is 32.2 Å². The molecule has 2 aromatic carbocycles. The summed E-state index contributed by atoms with van der Waals surface area (Å²) in [5.74, 6) is 0. The van der Waals surface area contributed by atoms with Gasteiger partial charge in [0.1, 0.15) is 0 Å². The van der Waals surface area contributed by atoms with Crippen LogP contribution in [0.4, 0.5) is 0 Å². The summed E-state index contributed by atoms with van der Waals surface area (Å²) in [6, 6.07) is 16.7. The molecule has 0 fully saturated rings. The monoisotopic (exact) mass is 382 g/mol. The topological polar surface area (TPSA) is 76.3 Å². The molecule has 0 saturated heterocycles. The Morgan fingerprint density at radius 2 is 1.70 bits per heavy atom. The molecule has 3 aromatic rings. The molecule has 6 nitrogen and oxygen atoms in total. The van der Waals surface area contributed by atoms with Gasteiger partial charge < -0.3 is 0 Å². The van der Waals surface area contributed by atoms with Gasteiger partial charge in [0, 0.05) is 11.3 Å². The molecule has 0 saturated carbocycles. The second-order valence-electron chi connectivity index (χ2n) is 6.39. The summed E-state index contributed by atoms with van der Waals surface area (Å²) in [5, 5.41) is 8.47. The second-order valence-corrected chi connectivity index (χ2v) is 8.05. The first-order chi connectivity index (χ1) is 12.9. The molecule has 1 heterocycles. The Labute approximate surface area is 159 Å². The minimum atomic E-state index is -3.69. The van der Waals surface area contributed by atoms with E-state index in [4.69, 9.17) is 0 Å². The molecule has 0 spiro atoms. The number of sulfonamides is 1. The van der Waals surface area contributed by atoms with E-state index in [1.54, 1.807) is 24.3 Å². The molecule has 0 unspecified atom stereocenters. The van der Waals surface area contributed by atoms with E-state index >= 15 is 0 Å². The lowest BCUT2D eigenvalue weighted by Gasteiger charge is -2.05. The average molecular weight is 382 g/mol. The van der Waals surface area contributed by atoms with E-state index in [1.165, 1.54) is 6.21 Å². The molecule has 0 amide bonds. The van der Waals surface area contributed by atoms with Gasteiger partial charge in [-0.3, -0.25) is 4.68 Å². The first kappa shape index (κ1) is 18.8. The SMILES string of the molecule is Cc1ccc(S(=O)(=O)N/N=C\c2c(C)nn(Cc3ccccc3)c2C)cc1. The standard InChI is InChI=1S/C20H22N4O2S/c1-15-9-11-19(12-10-15)27(25,26)23-21-13-20-16(2)22-24(17(20)3)14-18-7-5-4-6-8-18/h4-13,23H,14H2,1-3H3/b21-13-. The fourth-order valence-electron chi connectivity index (χ4n) is 2.74. The Balaban J connectivity index is 1.76. The number of rotatable bonds is 6. The van der Waals surface area contributed by atoms with Gasteiger partial charge in [0.2, 0.25) is 0 Å². The molecule has 140 valence electrons. The number of hydrazone groups is 1. The summed E-state index contributed by atoms with van der Waals surface area (Å²) >= 11 is 0. The number of hydrogen-bond acceptors (Lipinski definition) is 4. The molecule has 0 radical (unpaired) electrons. The van der Waals surface area contributed by atoms with Crippen molar-refractivity contribution in [3.63, 3.8) is 0 Å². The number of aryl methyl sites for hydroxylation is 2. The summed E-state index contributed by atoms with van der Waals surface area (Å²) in [6.07, 6.45) is 1.50. The minimum absolute atomic E-state index is 0.179. The lowest BCUT2D eigenvalue weighted by molar-refractivity contribution is 0.584. The second kappa shape index (κ2) is 7.75. The summed E-state index contributed by atoms with van der Waals surface area (Å²) < 4.78 is 26.5. The van der Waals surface area contributed by atoms with Crippen LogP contribution < -0.4 is 4.83 Å². The first-order valence-corrected chi connectivity index (χ1v) is 10.0. The highest BCUT2D eigenvalue weighted by molar-refractivity contribution is 7.89. The van der Waals surface area contributed by atoms with E-state index in [1.807, 2.05) is 55.8 Å². The molecular weight excluding hydrogens is 360 g/mol. The van der Waals surface area contributed by atoms with Crippen LogP contribution in [-0.4, -0.2) is 24.4 Å². The molecule has 1 N–H and O–H groups in total. The van der Waals surface area contributed by atoms with Crippen molar-refractivity contribution in [2.75, 3.05) is 0 Å². The third kappa shape index (κ3) is 4.43. The van der Waals surface area contributed by atoms with E-state index in [9.17, 15) is 8.42 Å². The van der Waals surface area contributed by atoms with Gasteiger partial charge in [0.05, 0.1) is 23.3 Å². The third-order valence-corrected chi connectivity index (χ3v) is 5.55. The Hall–Kier alpha value is -2.93. The van der Waals surface area contributed by atoms with Crippen molar-refractivity contribution in [3.8, 4) is 0 Å². The van der Waals surface area contributed by atoms with Crippen molar-refractivity contribution < 1.29 is 8.42 Å². The van der Waals surface area contributed by atoms with Gasteiger partial charge in [0.15, 0.2) is 0 Å². The van der Waals surface area contributed by atoms with Gasteiger partial charge >= 0.3 is 0 Å². The third-order valence-electron chi connectivity index (χ3n) is 4.31. The molecule has 7 heteroatoms. The lowest BCUT2D eigenvalue weighted by atomic mass is 10.2. The van der Waals surface area contributed by atoms with Crippen LogP contribution in [0, 0.1) is 20.8 Å². The predicted molar refractivity (Wildman–Crippen MR) is 106 cm³/mol.